The predicted octanol–water partition coefficient (Wildman–Crippen LogP) is 2.48. The van der Waals surface area contributed by atoms with Crippen molar-refractivity contribution in [2.24, 2.45) is 0 Å². The fourth-order valence-electron chi connectivity index (χ4n) is 3.14. The van der Waals surface area contributed by atoms with Gasteiger partial charge in [-0.1, -0.05) is 27.7 Å². The number of amides is 2. The lowest BCUT2D eigenvalue weighted by Crippen LogP contribution is -2.32. The van der Waals surface area contributed by atoms with Crippen molar-refractivity contribution in [2.75, 3.05) is 32.1 Å². The van der Waals surface area contributed by atoms with Crippen LogP contribution in [0.5, 0.6) is 0 Å². The van der Waals surface area contributed by atoms with Crippen molar-refractivity contribution in [3.05, 3.63) is 28.2 Å². The number of nitrogens with one attached hydrogen (secondary N) is 1. The van der Waals surface area contributed by atoms with E-state index in [1.165, 1.54) is 5.69 Å². The van der Waals surface area contributed by atoms with E-state index in [1.807, 2.05) is 6.07 Å². The van der Waals surface area contributed by atoms with Gasteiger partial charge in [0.2, 0.25) is 5.91 Å². The average Bonchev–Trinajstić information content (AvgIpc) is 3.07. The van der Waals surface area contributed by atoms with Crippen LogP contribution in [0.3, 0.4) is 0 Å². The monoisotopic (exact) mass is 397 g/mol. The number of imide groups is 1. The number of nitrogens with zero attached hydrogens (tertiary/aromatic N) is 2. The third-order valence-electron chi connectivity index (χ3n) is 4.45. The van der Waals surface area contributed by atoms with Gasteiger partial charge >= 0.3 is 0 Å². The molecule has 2 saturated heterocycles. The van der Waals surface area contributed by atoms with Crippen molar-refractivity contribution in [1.29, 1.82) is 0 Å². The summed E-state index contributed by atoms with van der Waals surface area (Å²) in [6.45, 7) is 2.00. The predicted molar refractivity (Wildman–Crippen MR) is 97.1 cm³/mol. The number of halogens is 1. The van der Waals surface area contributed by atoms with Crippen molar-refractivity contribution in [3.8, 4) is 0 Å². The second kappa shape index (κ2) is 6.83. The highest BCUT2D eigenvalue weighted by Gasteiger charge is 2.33. The first-order chi connectivity index (χ1) is 10.9. The van der Waals surface area contributed by atoms with Gasteiger partial charge in [-0.05, 0) is 50.7 Å². The summed E-state index contributed by atoms with van der Waals surface area (Å²) in [7, 11) is 4.23. The lowest BCUT2D eigenvalue weighted by molar-refractivity contribution is -0.118. The van der Waals surface area contributed by atoms with Crippen LogP contribution in [0.4, 0.5) is 10.5 Å². The highest BCUT2D eigenvalue weighted by Crippen LogP contribution is 2.32. The Morgan fingerprint density at radius 1 is 1.39 bits per heavy atom. The van der Waals surface area contributed by atoms with Crippen molar-refractivity contribution in [1.82, 2.24) is 10.2 Å². The minimum absolute atomic E-state index is 0.182. The van der Waals surface area contributed by atoms with E-state index >= 15 is 0 Å². The van der Waals surface area contributed by atoms with E-state index in [-0.39, 0.29) is 16.4 Å². The summed E-state index contributed by atoms with van der Waals surface area (Å²) in [4.78, 5) is 27.9. The smallest absolute Gasteiger partial charge is 0.286 e. The normalized spacial score (nSPS) is 24.6. The molecule has 2 fully saturated rings. The lowest BCUT2D eigenvalue weighted by Gasteiger charge is -2.24. The van der Waals surface area contributed by atoms with Gasteiger partial charge in [-0.3, -0.25) is 14.9 Å². The zero-order valence-electron chi connectivity index (χ0n) is 13.2. The molecule has 3 rings (SSSR count). The zero-order valence-corrected chi connectivity index (χ0v) is 15.6. The van der Waals surface area contributed by atoms with Gasteiger partial charge in [0.1, 0.15) is 0 Å². The Morgan fingerprint density at radius 3 is 2.78 bits per heavy atom. The number of carbonyl (C=O) groups excluding carboxylic acids is 2. The summed E-state index contributed by atoms with van der Waals surface area (Å²) < 4.78 is 0.995. The van der Waals surface area contributed by atoms with Crippen LogP contribution in [-0.4, -0.2) is 54.5 Å². The number of hydrogen-bond acceptors (Lipinski definition) is 5. The van der Waals surface area contributed by atoms with Crippen molar-refractivity contribution in [3.63, 3.8) is 0 Å². The maximum atomic E-state index is 11.9. The third kappa shape index (κ3) is 3.72. The number of likely N-dealkylation sites (N-methyl/N-ethyl adjacent to an activating group) is 1. The second-order valence-corrected chi connectivity index (χ2v) is 8.30. The van der Waals surface area contributed by atoms with Crippen molar-refractivity contribution in [2.45, 2.75) is 24.1 Å². The Kier molecular flexibility index (Phi) is 4.98. The number of benzene rings is 1. The maximum absolute atomic E-state index is 11.9. The summed E-state index contributed by atoms with van der Waals surface area (Å²) >= 11 is 4.60. The van der Waals surface area contributed by atoms with Gasteiger partial charge in [0, 0.05) is 29.3 Å². The van der Waals surface area contributed by atoms with Crippen LogP contribution in [0.15, 0.2) is 22.7 Å². The molecule has 2 heterocycles. The Morgan fingerprint density at radius 2 is 2.17 bits per heavy atom. The number of carbonyl (C=O) groups is 2. The van der Waals surface area contributed by atoms with Gasteiger partial charge in [0.15, 0.2) is 0 Å². The second-order valence-electron chi connectivity index (χ2n) is 6.21. The highest BCUT2D eigenvalue weighted by atomic mass is 79.9. The molecule has 2 aliphatic heterocycles. The Bertz CT molecular complexity index is 638. The average molecular weight is 398 g/mol. The Labute approximate surface area is 148 Å². The molecule has 0 bridgehead atoms. The summed E-state index contributed by atoms with van der Waals surface area (Å²) in [6.07, 6.45) is 1.71. The van der Waals surface area contributed by atoms with E-state index < -0.39 is 0 Å². The molecule has 2 atom stereocenters. The first-order valence-corrected chi connectivity index (χ1v) is 9.32. The molecule has 0 saturated carbocycles. The minimum Gasteiger partial charge on any atom is -0.370 e. The van der Waals surface area contributed by atoms with Gasteiger partial charge < -0.3 is 9.80 Å². The van der Waals surface area contributed by atoms with Crippen LogP contribution >= 0.6 is 27.7 Å². The molecule has 23 heavy (non-hydrogen) atoms. The highest BCUT2D eigenvalue weighted by molar-refractivity contribution is 9.10. The number of hydrogen-bond donors (Lipinski definition) is 1. The largest absolute Gasteiger partial charge is 0.370 e. The fourth-order valence-corrected chi connectivity index (χ4v) is 4.39. The van der Waals surface area contributed by atoms with E-state index in [4.69, 9.17) is 0 Å². The van der Waals surface area contributed by atoms with E-state index in [0.717, 1.165) is 41.3 Å². The van der Waals surface area contributed by atoms with Crippen molar-refractivity contribution < 1.29 is 9.59 Å². The number of anilines is 1. The summed E-state index contributed by atoms with van der Waals surface area (Å²) in [5.41, 5.74) is 2.28. The SMILES string of the molecule is CN(C)[C@H]1CCN(c2ccc(Br)cc2CC2SC(=O)NC2=O)C1. The molecule has 1 N–H and O–H groups in total. The van der Waals surface area contributed by atoms with Crippen LogP contribution in [0.1, 0.15) is 12.0 Å². The molecule has 0 radical (unpaired) electrons. The van der Waals surface area contributed by atoms with Gasteiger partial charge in [0.05, 0.1) is 5.25 Å². The molecule has 1 unspecified atom stereocenters. The Balaban J connectivity index is 1.81. The van der Waals surface area contributed by atoms with Gasteiger partial charge in [-0.15, -0.1) is 0 Å². The molecule has 2 aliphatic rings. The number of thioether (sulfide) groups is 1. The molecule has 124 valence electrons. The van der Waals surface area contributed by atoms with E-state index in [1.54, 1.807) is 0 Å². The van der Waals surface area contributed by atoms with Crippen molar-refractivity contribution >= 4 is 44.5 Å². The van der Waals surface area contributed by atoms with Crippen LogP contribution in [0, 0.1) is 0 Å². The van der Waals surface area contributed by atoms with E-state index in [2.05, 4.69) is 57.3 Å². The molecule has 0 aromatic heterocycles. The lowest BCUT2D eigenvalue weighted by atomic mass is 10.1. The standard InChI is InChI=1S/C16H20BrN3O2S/c1-19(2)12-5-6-20(9-12)13-4-3-11(17)7-10(13)8-14-15(21)18-16(22)23-14/h3-4,7,12,14H,5-6,8-9H2,1-2H3,(H,18,21,22)/t12-,14?/m0/s1. The summed E-state index contributed by atoms with van der Waals surface area (Å²) in [6, 6.07) is 6.76. The van der Waals surface area contributed by atoms with E-state index in [0.29, 0.717) is 12.5 Å². The maximum Gasteiger partial charge on any atom is 0.286 e. The molecular weight excluding hydrogens is 378 g/mol. The van der Waals surface area contributed by atoms with Crippen LogP contribution in [0.2, 0.25) is 0 Å². The first-order valence-electron chi connectivity index (χ1n) is 7.65. The zero-order chi connectivity index (χ0) is 16.6. The quantitative estimate of drug-likeness (QED) is 0.845. The molecule has 1 aromatic carbocycles. The van der Waals surface area contributed by atoms with Crippen LogP contribution in [0.25, 0.3) is 0 Å². The molecule has 0 spiro atoms. The van der Waals surface area contributed by atoms with Gasteiger partial charge in [-0.2, -0.15) is 0 Å². The molecule has 7 heteroatoms. The molecule has 2 amide bonds. The molecular formula is C16H20BrN3O2S. The summed E-state index contributed by atoms with van der Waals surface area (Å²) in [5, 5.41) is 1.79. The first kappa shape index (κ1) is 16.8. The Hall–Kier alpha value is -1.05. The molecule has 0 aliphatic carbocycles. The molecule has 5 nitrogen and oxygen atoms in total. The van der Waals surface area contributed by atoms with Gasteiger partial charge in [0.25, 0.3) is 5.24 Å². The van der Waals surface area contributed by atoms with Crippen LogP contribution < -0.4 is 10.2 Å². The minimum atomic E-state index is -0.331. The number of rotatable bonds is 4. The fraction of sp³-hybridized carbons (Fsp3) is 0.500. The summed E-state index contributed by atoms with van der Waals surface area (Å²) in [5.74, 6) is -0.182. The van der Waals surface area contributed by atoms with Gasteiger partial charge in [-0.25, -0.2) is 0 Å². The van der Waals surface area contributed by atoms with Crippen LogP contribution in [-0.2, 0) is 11.2 Å². The molecule has 1 aromatic rings. The topological polar surface area (TPSA) is 52.6 Å². The van der Waals surface area contributed by atoms with E-state index in [9.17, 15) is 9.59 Å². The third-order valence-corrected chi connectivity index (χ3v) is 5.92.